The molecule has 7 heteroatoms. The lowest BCUT2D eigenvalue weighted by atomic mass is 10.1. The van der Waals surface area contributed by atoms with Gasteiger partial charge in [-0.25, -0.2) is 9.50 Å². The van der Waals surface area contributed by atoms with Gasteiger partial charge in [-0.15, -0.1) is 6.58 Å². The third-order valence-electron chi connectivity index (χ3n) is 5.80. The average Bonchev–Trinajstić information content (AvgIpc) is 3.18. The van der Waals surface area contributed by atoms with E-state index in [1.165, 1.54) is 0 Å². The van der Waals surface area contributed by atoms with Gasteiger partial charge in [0.1, 0.15) is 11.6 Å². The van der Waals surface area contributed by atoms with Crippen molar-refractivity contribution in [2.75, 3.05) is 37.7 Å². The van der Waals surface area contributed by atoms with E-state index in [2.05, 4.69) is 41.7 Å². The molecule has 1 unspecified atom stereocenters. The number of rotatable bonds is 6. The van der Waals surface area contributed by atoms with Crippen LogP contribution in [0.5, 0.6) is 5.75 Å². The van der Waals surface area contributed by atoms with Gasteiger partial charge in [0.2, 0.25) is 5.91 Å². The molecule has 1 aliphatic heterocycles. The predicted octanol–water partition coefficient (Wildman–Crippen LogP) is 3.57. The summed E-state index contributed by atoms with van der Waals surface area (Å²) in [5.74, 6) is 1.72. The lowest BCUT2D eigenvalue weighted by Crippen LogP contribution is -2.50. The number of hydrogen-bond acceptors (Lipinski definition) is 5. The Kier molecular flexibility index (Phi) is 5.93. The summed E-state index contributed by atoms with van der Waals surface area (Å²) in [7, 11) is 0. The van der Waals surface area contributed by atoms with E-state index < -0.39 is 0 Å². The summed E-state index contributed by atoms with van der Waals surface area (Å²) in [6, 6.07) is 6.20. The highest BCUT2D eigenvalue weighted by Crippen LogP contribution is 2.31. The molecule has 3 aromatic heterocycles. The van der Waals surface area contributed by atoms with Gasteiger partial charge < -0.3 is 14.5 Å². The zero-order valence-corrected chi connectivity index (χ0v) is 18.4. The molecule has 4 heterocycles. The summed E-state index contributed by atoms with van der Waals surface area (Å²) in [5, 5.41) is 4.45. The first-order chi connectivity index (χ1) is 15.0. The fraction of sp³-hybridized carbons (Fsp3) is 0.375. The summed E-state index contributed by atoms with van der Waals surface area (Å²) in [4.78, 5) is 21.2. The van der Waals surface area contributed by atoms with Gasteiger partial charge in [-0.1, -0.05) is 13.0 Å². The molecule has 3 aromatic rings. The van der Waals surface area contributed by atoms with Crippen LogP contribution in [0.2, 0.25) is 0 Å². The molecule has 1 amide bonds. The highest BCUT2D eigenvalue weighted by atomic mass is 16.5. The van der Waals surface area contributed by atoms with E-state index in [1.807, 2.05) is 41.9 Å². The number of fused-ring (bicyclic) bond motifs is 1. The van der Waals surface area contributed by atoms with Crippen molar-refractivity contribution in [3.8, 4) is 16.9 Å². The minimum Gasteiger partial charge on any atom is -0.492 e. The van der Waals surface area contributed by atoms with Crippen molar-refractivity contribution in [1.82, 2.24) is 19.5 Å². The van der Waals surface area contributed by atoms with Crippen LogP contribution in [-0.2, 0) is 4.79 Å². The molecule has 0 aromatic carbocycles. The van der Waals surface area contributed by atoms with Crippen LogP contribution in [0.3, 0.4) is 0 Å². The number of anilines is 1. The zero-order chi connectivity index (χ0) is 22.0. The number of amides is 1. The summed E-state index contributed by atoms with van der Waals surface area (Å²) >= 11 is 0. The second kappa shape index (κ2) is 8.79. The SMILES string of the molecule is C=CC(C)C(=O)N1CCN(c2ccc(-c3cc(OCC)cn4ncc(C)c34)cn2)CC1. The molecule has 0 radical (unpaired) electrons. The number of aryl methyl sites for hydroxylation is 1. The van der Waals surface area contributed by atoms with Gasteiger partial charge in [0.05, 0.1) is 30.4 Å². The Hall–Kier alpha value is -3.35. The standard InChI is InChI=1S/C24H29N5O2/c1-5-17(3)24(30)28-11-9-27(10-12-28)22-8-7-19(15-25-22)21-13-20(31-6-2)16-29-23(21)18(4)14-26-29/h5,7-8,13-17H,1,6,9-12H2,2-4H3. The summed E-state index contributed by atoms with van der Waals surface area (Å²) < 4.78 is 7.60. The maximum absolute atomic E-state index is 12.4. The number of pyridine rings is 2. The molecule has 1 atom stereocenters. The van der Waals surface area contributed by atoms with Crippen molar-refractivity contribution in [2.24, 2.45) is 5.92 Å². The minimum absolute atomic E-state index is 0.139. The third-order valence-corrected chi connectivity index (χ3v) is 5.80. The number of nitrogens with zero attached hydrogens (tertiary/aromatic N) is 5. The molecule has 1 saturated heterocycles. The normalized spacial score (nSPS) is 15.2. The molecule has 0 N–H and O–H groups in total. The number of hydrogen-bond donors (Lipinski definition) is 0. The molecule has 31 heavy (non-hydrogen) atoms. The van der Waals surface area contributed by atoms with Crippen LogP contribution in [0, 0.1) is 12.8 Å². The van der Waals surface area contributed by atoms with Gasteiger partial charge in [-0.2, -0.15) is 5.10 Å². The van der Waals surface area contributed by atoms with Gasteiger partial charge in [-0.3, -0.25) is 4.79 Å². The topological polar surface area (TPSA) is 63.0 Å². The van der Waals surface area contributed by atoms with Crippen LogP contribution in [0.15, 0.2) is 49.4 Å². The minimum atomic E-state index is -0.139. The van der Waals surface area contributed by atoms with E-state index in [9.17, 15) is 4.79 Å². The Balaban J connectivity index is 1.54. The number of ether oxygens (including phenoxy) is 1. The average molecular weight is 420 g/mol. The fourth-order valence-corrected chi connectivity index (χ4v) is 3.99. The zero-order valence-electron chi connectivity index (χ0n) is 18.4. The molecule has 1 fully saturated rings. The van der Waals surface area contributed by atoms with Crippen LogP contribution in [-0.4, -0.2) is 58.2 Å². The summed E-state index contributed by atoms with van der Waals surface area (Å²) in [6.45, 7) is 13.2. The van der Waals surface area contributed by atoms with E-state index in [-0.39, 0.29) is 11.8 Å². The van der Waals surface area contributed by atoms with Gasteiger partial charge >= 0.3 is 0 Å². The Labute approximate surface area is 182 Å². The van der Waals surface area contributed by atoms with Crippen molar-refractivity contribution >= 4 is 17.2 Å². The predicted molar refractivity (Wildman–Crippen MR) is 122 cm³/mol. The van der Waals surface area contributed by atoms with Crippen LogP contribution in [0.1, 0.15) is 19.4 Å². The quantitative estimate of drug-likeness (QED) is 0.572. The van der Waals surface area contributed by atoms with Crippen molar-refractivity contribution in [2.45, 2.75) is 20.8 Å². The Morgan fingerprint density at radius 3 is 2.68 bits per heavy atom. The van der Waals surface area contributed by atoms with E-state index in [1.54, 1.807) is 6.08 Å². The Morgan fingerprint density at radius 1 is 1.26 bits per heavy atom. The van der Waals surface area contributed by atoms with Gasteiger partial charge in [-0.05, 0) is 37.6 Å². The smallest absolute Gasteiger partial charge is 0.229 e. The van der Waals surface area contributed by atoms with E-state index in [0.29, 0.717) is 19.7 Å². The first-order valence-corrected chi connectivity index (χ1v) is 10.7. The van der Waals surface area contributed by atoms with Crippen molar-refractivity contribution in [3.05, 3.63) is 55.0 Å². The second-order valence-corrected chi connectivity index (χ2v) is 7.89. The van der Waals surface area contributed by atoms with Crippen LogP contribution < -0.4 is 9.64 Å². The highest BCUT2D eigenvalue weighted by molar-refractivity contribution is 5.83. The van der Waals surface area contributed by atoms with Crippen LogP contribution >= 0.6 is 0 Å². The monoisotopic (exact) mass is 419 g/mol. The molecule has 162 valence electrons. The van der Waals surface area contributed by atoms with Gasteiger partial charge in [0, 0.05) is 43.5 Å². The van der Waals surface area contributed by atoms with Gasteiger partial charge in [0.25, 0.3) is 0 Å². The third kappa shape index (κ3) is 4.13. The lowest BCUT2D eigenvalue weighted by Gasteiger charge is -2.36. The maximum atomic E-state index is 12.4. The lowest BCUT2D eigenvalue weighted by molar-refractivity contribution is -0.133. The molecule has 0 spiro atoms. The largest absolute Gasteiger partial charge is 0.492 e. The van der Waals surface area contributed by atoms with Crippen molar-refractivity contribution in [1.29, 1.82) is 0 Å². The van der Waals surface area contributed by atoms with E-state index >= 15 is 0 Å². The first-order valence-electron chi connectivity index (χ1n) is 10.7. The molecule has 0 bridgehead atoms. The molecule has 1 aliphatic rings. The number of aromatic nitrogens is 3. The molecular weight excluding hydrogens is 390 g/mol. The van der Waals surface area contributed by atoms with E-state index in [0.717, 1.165) is 46.9 Å². The molecule has 0 saturated carbocycles. The first kappa shape index (κ1) is 20.9. The van der Waals surface area contributed by atoms with Crippen molar-refractivity contribution < 1.29 is 9.53 Å². The van der Waals surface area contributed by atoms with E-state index in [4.69, 9.17) is 9.72 Å². The number of carbonyl (C=O) groups is 1. The maximum Gasteiger partial charge on any atom is 0.229 e. The molecular formula is C24H29N5O2. The highest BCUT2D eigenvalue weighted by Gasteiger charge is 2.24. The number of carbonyl (C=O) groups excluding carboxylic acids is 1. The van der Waals surface area contributed by atoms with Crippen molar-refractivity contribution in [3.63, 3.8) is 0 Å². The Bertz CT molecular complexity index is 1080. The summed E-state index contributed by atoms with van der Waals surface area (Å²) in [6.07, 6.45) is 7.38. The molecule has 4 rings (SSSR count). The van der Waals surface area contributed by atoms with Crippen LogP contribution in [0.25, 0.3) is 16.6 Å². The summed E-state index contributed by atoms with van der Waals surface area (Å²) in [5.41, 5.74) is 4.24. The molecule has 0 aliphatic carbocycles. The van der Waals surface area contributed by atoms with Crippen LogP contribution in [0.4, 0.5) is 5.82 Å². The molecule has 7 nitrogen and oxygen atoms in total. The fourth-order valence-electron chi connectivity index (χ4n) is 3.99. The number of piperazine rings is 1. The second-order valence-electron chi connectivity index (χ2n) is 7.89. The van der Waals surface area contributed by atoms with Gasteiger partial charge in [0.15, 0.2) is 0 Å². The Morgan fingerprint density at radius 2 is 2.03 bits per heavy atom.